The van der Waals surface area contributed by atoms with Gasteiger partial charge in [-0.25, -0.2) is 0 Å². The molecule has 14 heavy (non-hydrogen) atoms. The molecule has 0 saturated heterocycles. The van der Waals surface area contributed by atoms with Crippen LogP contribution in [0.3, 0.4) is 0 Å². The van der Waals surface area contributed by atoms with Crippen molar-refractivity contribution in [3.63, 3.8) is 0 Å². The Morgan fingerprint density at radius 3 is 2.79 bits per heavy atom. The number of hydrogen-bond donors (Lipinski definition) is 1. The summed E-state index contributed by atoms with van der Waals surface area (Å²) in [5, 5.41) is 0.789. The van der Waals surface area contributed by atoms with Crippen molar-refractivity contribution >= 4 is 34.2 Å². The second-order valence-electron chi connectivity index (χ2n) is 3.95. The van der Waals surface area contributed by atoms with Gasteiger partial charge in [0.15, 0.2) is 0 Å². The molecule has 1 aromatic carbocycles. The molecule has 1 aromatic rings. The maximum Gasteiger partial charge on any atom is 0.0416 e. The molecule has 0 radical (unpaired) electrons. The molecular formula is C11H13ClIN. The molecule has 76 valence electrons. The van der Waals surface area contributed by atoms with Crippen LogP contribution in [0.1, 0.15) is 30.9 Å². The van der Waals surface area contributed by atoms with Gasteiger partial charge in [0.1, 0.15) is 0 Å². The lowest BCUT2D eigenvalue weighted by atomic mass is 10.0. The van der Waals surface area contributed by atoms with E-state index >= 15 is 0 Å². The van der Waals surface area contributed by atoms with Gasteiger partial charge in [-0.3, -0.25) is 0 Å². The molecule has 0 aliphatic heterocycles. The molecule has 1 atom stereocenters. The third kappa shape index (κ3) is 2.61. The second-order valence-corrected chi connectivity index (χ2v) is 5.55. The van der Waals surface area contributed by atoms with Crippen molar-refractivity contribution in [2.45, 2.75) is 25.3 Å². The van der Waals surface area contributed by atoms with Crippen molar-refractivity contribution in [3.8, 4) is 0 Å². The Labute approximate surface area is 103 Å². The maximum atomic E-state index is 6.14. The Hall–Kier alpha value is 0.200. The first-order chi connectivity index (χ1) is 6.66. The van der Waals surface area contributed by atoms with Gasteiger partial charge in [-0.2, -0.15) is 0 Å². The summed E-state index contributed by atoms with van der Waals surface area (Å²) < 4.78 is 1.18. The zero-order valence-corrected chi connectivity index (χ0v) is 10.8. The molecule has 1 aliphatic rings. The quantitative estimate of drug-likeness (QED) is 0.843. The first-order valence-corrected chi connectivity index (χ1v) is 6.33. The van der Waals surface area contributed by atoms with E-state index in [9.17, 15) is 0 Å². The van der Waals surface area contributed by atoms with Gasteiger partial charge in [0.05, 0.1) is 0 Å². The Balaban J connectivity index is 2.13. The summed E-state index contributed by atoms with van der Waals surface area (Å²) in [5.74, 6) is 0.872. The van der Waals surface area contributed by atoms with Crippen LogP contribution in [0.4, 0.5) is 0 Å². The lowest BCUT2D eigenvalue weighted by molar-refractivity contribution is 0.595. The van der Waals surface area contributed by atoms with Crippen LogP contribution in [0.15, 0.2) is 18.2 Å². The van der Waals surface area contributed by atoms with Crippen molar-refractivity contribution in [1.29, 1.82) is 0 Å². The highest BCUT2D eigenvalue weighted by molar-refractivity contribution is 14.1. The van der Waals surface area contributed by atoms with E-state index in [0.29, 0.717) is 0 Å². The van der Waals surface area contributed by atoms with Crippen molar-refractivity contribution in [1.82, 2.24) is 0 Å². The minimum Gasteiger partial charge on any atom is -0.324 e. The zero-order valence-electron chi connectivity index (χ0n) is 7.84. The normalized spacial score (nSPS) is 18.2. The highest BCUT2D eigenvalue weighted by Crippen LogP contribution is 2.37. The van der Waals surface area contributed by atoms with E-state index in [2.05, 4.69) is 28.7 Å². The number of nitrogens with two attached hydrogens (primary N) is 1. The van der Waals surface area contributed by atoms with Crippen LogP contribution in [-0.2, 0) is 0 Å². The second kappa shape index (κ2) is 4.37. The molecule has 1 fully saturated rings. The SMILES string of the molecule is NC(CC1CC1)c1ccc(Cl)cc1I. The van der Waals surface area contributed by atoms with E-state index in [-0.39, 0.29) is 6.04 Å². The van der Waals surface area contributed by atoms with E-state index in [1.165, 1.54) is 22.0 Å². The predicted molar refractivity (Wildman–Crippen MR) is 68.4 cm³/mol. The van der Waals surface area contributed by atoms with Gasteiger partial charge in [0.2, 0.25) is 0 Å². The molecule has 1 nitrogen and oxygen atoms in total. The van der Waals surface area contributed by atoms with Crippen molar-refractivity contribution in [3.05, 3.63) is 32.4 Å². The van der Waals surface area contributed by atoms with Crippen LogP contribution in [-0.4, -0.2) is 0 Å². The van der Waals surface area contributed by atoms with Gasteiger partial charge in [0.25, 0.3) is 0 Å². The van der Waals surface area contributed by atoms with Gasteiger partial charge in [-0.1, -0.05) is 30.5 Å². The molecular weight excluding hydrogens is 308 g/mol. The van der Waals surface area contributed by atoms with E-state index < -0.39 is 0 Å². The van der Waals surface area contributed by atoms with E-state index in [4.69, 9.17) is 17.3 Å². The van der Waals surface area contributed by atoms with Crippen molar-refractivity contribution < 1.29 is 0 Å². The Kier molecular flexibility index (Phi) is 3.34. The molecule has 1 saturated carbocycles. The fraction of sp³-hybridized carbons (Fsp3) is 0.455. The standard InChI is InChI=1S/C11H13ClIN/c12-8-3-4-9(10(13)6-8)11(14)5-7-1-2-7/h3-4,6-7,11H,1-2,5,14H2. The fourth-order valence-electron chi connectivity index (χ4n) is 1.64. The first-order valence-electron chi connectivity index (χ1n) is 4.87. The van der Waals surface area contributed by atoms with Gasteiger partial charge in [-0.05, 0) is 52.6 Å². The van der Waals surface area contributed by atoms with Gasteiger partial charge in [0, 0.05) is 14.6 Å². The number of rotatable bonds is 3. The third-order valence-corrected chi connectivity index (χ3v) is 3.82. The minimum atomic E-state index is 0.187. The smallest absolute Gasteiger partial charge is 0.0416 e. The summed E-state index contributed by atoms with van der Waals surface area (Å²) in [6.45, 7) is 0. The highest BCUT2D eigenvalue weighted by Gasteiger charge is 2.25. The average Bonchev–Trinajstić information content (AvgIpc) is 2.87. The molecule has 0 aromatic heterocycles. The van der Waals surface area contributed by atoms with Crippen LogP contribution in [0.2, 0.25) is 5.02 Å². The molecule has 2 rings (SSSR count). The summed E-state index contributed by atoms with van der Waals surface area (Å²) in [6.07, 6.45) is 3.84. The summed E-state index contributed by atoms with van der Waals surface area (Å²) in [6, 6.07) is 6.14. The predicted octanol–water partition coefficient (Wildman–Crippen LogP) is 3.74. The van der Waals surface area contributed by atoms with E-state index in [1.807, 2.05) is 12.1 Å². The number of halogens is 2. The highest BCUT2D eigenvalue weighted by atomic mass is 127. The van der Waals surface area contributed by atoms with Crippen LogP contribution in [0, 0.1) is 9.49 Å². The van der Waals surface area contributed by atoms with E-state index in [1.54, 1.807) is 0 Å². The molecule has 1 unspecified atom stereocenters. The van der Waals surface area contributed by atoms with Crippen LogP contribution >= 0.6 is 34.2 Å². The number of benzene rings is 1. The molecule has 0 spiro atoms. The minimum absolute atomic E-state index is 0.187. The Morgan fingerprint density at radius 2 is 2.21 bits per heavy atom. The van der Waals surface area contributed by atoms with E-state index in [0.717, 1.165) is 17.4 Å². The summed E-state index contributed by atoms with van der Waals surface area (Å²) in [7, 11) is 0. The first kappa shape index (κ1) is 10.7. The van der Waals surface area contributed by atoms with Crippen molar-refractivity contribution in [2.75, 3.05) is 0 Å². The van der Waals surface area contributed by atoms with Crippen LogP contribution in [0.25, 0.3) is 0 Å². The topological polar surface area (TPSA) is 26.0 Å². The summed E-state index contributed by atoms with van der Waals surface area (Å²) in [4.78, 5) is 0. The van der Waals surface area contributed by atoms with Gasteiger partial charge in [-0.15, -0.1) is 0 Å². The summed E-state index contributed by atoms with van der Waals surface area (Å²) in [5.41, 5.74) is 7.38. The monoisotopic (exact) mass is 321 g/mol. The number of hydrogen-bond acceptors (Lipinski definition) is 1. The Morgan fingerprint density at radius 1 is 1.50 bits per heavy atom. The fourth-order valence-corrected chi connectivity index (χ4v) is 2.91. The summed E-state index contributed by atoms with van der Waals surface area (Å²) >= 11 is 8.20. The third-order valence-electron chi connectivity index (χ3n) is 2.65. The molecule has 0 bridgehead atoms. The molecule has 3 heteroatoms. The van der Waals surface area contributed by atoms with Crippen LogP contribution < -0.4 is 5.73 Å². The lowest BCUT2D eigenvalue weighted by Crippen LogP contribution is -2.12. The molecule has 0 amide bonds. The lowest BCUT2D eigenvalue weighted by Gasteiger charge is -2.13. The van der Waals surface area contributed by atoms with Crippen molar-refractivity contribution in [2.24, 2.45) is 11.7 Å². The van der Waals surface area contributed by atoms with Gasteiger partial charge >= 0.3 is 0 Å². The molecule has 0 heterocycles. The van der Waals surface area contributed by atoms with Gasteiger partial charge < -0.3 is 5.73 Å². The maximum absolute atomic E-state index is 6.14. The molecule has 2 N–H and O–H groups in total. The molecule has 1 aliphatic carbocycles. The Bertz CT molecular complexity index is 336. The average molecular weight is 322 g/mol. The van der Waals surface area contributed by atoms with Crippen LogP contribution in [0.5, 0.6) is 0 Å². The zero-order chi connectivity index (χ0) is 10.1. The largest absolute Gasteiger partial charge is 0.324 e.